The summed E-state index contributed by atoms with van der Waals surface area (Å²) in [5, 5.41) is 0. The molecular formula is C21H29FN2O3S. The monoisotopic (exact) mass is 408 g/mol. The van der Waals surface area contributed by atoms with Crippen LogP contribution in [0.1, 0.15) is 38.5 Å². The van der Waals surface area contributed by atoms with Crippen LogP contribution in [0.5, 0.6) is 5.75 Å². The van der Waals surface area contributed by atoms with Crippen molar-refractivity contribution in [1.82, 2.24) is 9.21 Å². The number of sulfonamides is 1. The first-order valence-electron chi connectivity index (χ1n) is 10.5. The van der Waals surface area contributed by atoms with Gasteiger partial charge in [-0.25, -0.2) is 12.8 Å². The maximum atomic E-state index is 13.7. The van der Waals surface area contributed by atoms with Crippen LogP contribution in [0.15, 0.2) is 23.1 Å². The van der Waals surface area contributed by atoms with E-state index >= 15 is 0 Å². The van der Waals surface area contributed by atoms with Crippen LogP contribution in [0.2, 0.25) is 0 Å². The zero-order chi connectivity index (χ0) is 19.5. The lowest BCUT2D eigenvalue weighted by atomic mass is 9.52. The van der Waals surface area contributed by atoms with Crippen molar-refractivity contribution in [2.75, 3.05) is 33.3 Å². The van der Waals surface area contributed by atoms with E-state index in [1.54, 1.807) is 4.31 Å². The van der Waals surface area contributed by atoms with Crippen molar-refractivity contribution in [3.8, 4) is 5.75 Å². The Kier molecular flexibility index (Phi) is 4.49. The Hall–Kier alpha value is -1.18. The second kappa shape index (κ2) is 6.67. The second-order valence-electron chi connectivity index (χ2n) is 9.33. The highest BCUT2D eigenvalue weighted by Crippen LogP contribution is 2.57. The summed E-state index contributed by atoms with van der Waals surface area (Å²) in [6, 6.07) is 3.78. The fraction of sp³-hybridized carbons (Fsp3) is 0.714. The van der Waals surface area contributed by atoms with Crippen LogP contribution >= 0.6 is 0 Å². The lowest BCUT2D eigenvalue weighted by molar-refractivity contribution is -0.0964. The van der Waals surface area contributed by atoms with E-state index in [2.05, 4.69) is 4.90 Å². The molecule has 1 saturated heterocycles. The van der Waals surface area contributed by atoms with Gasteiger partial charge in [-0.05, 0) is 68.4 Å². The number of benzene rings is 1. The normalized spacial score (nSPS) is 36.0. The number of methoxy groups -OCH3 is 1. The van der Waals surface area contributed by atoms with Crippen molar-refractivity contribution in [3.05, 3.63) is 24.0 Å². The van der Waals surface area contributed by atoms with E-state index in [4.69, 9.17) is 4.74 Å². The number of ether oxygens (including phenoxy) is 1. The van der Waals surface area contributed by atoms with Gasteiger partial charge in [-0.15, -0.1) is 0 Å². The molecule has 1 aromatic carbocycles. The van der Waals surface area contributed by atoms with Gasteiger partial charge in [0, 0.05) is 37.8 Å². The van der Waals surface area contributed by atoms with E-state index in [0.717, 1.165) is 36.9 Å². The summed E-state index contributed by atoms with van der Waals surface area (Å²) >= 11 is 0. The number of halogens is 1. The Morgan fingerprint density at radius 1 is 1.00 bits per heavy atom. The van der Waals surface area contributed by atoms with Crippen molar-refractivity contribution in [3.63, 3.8) is 0 Å². The highest BCUT2D eigenvalue weighted by molar-refractivity contribution is 7.89. The molecule has 0 N–H and O–H groups in total. The fourth-order valence-electron chi connectivity index (χ4n) is 6.80. The molecule has 0 aromatic heterocycles. The predicted molar refractivity (Wildman–Crippen MR) is 104 cm³/mol. The van der Waals surface area contributed by atoms with Gasteiger partial charge in [-0.1, -0.05) is 0 Å². The maximum Gasteiger partial charge on any atom is 0.243 e. The maximum absolute atomic E-state index is 13.7. The molecule has 0 atom stereocenters. The molecule has 4 bridgehead atoms. The van der Waals surface area contributed by atoms with Crippen LogP contribution in [-0.2, 0) is 10.0 Å². The highest BCUT2D eigenvalue weighted by Gasteiger charge is 2.53. The third-order valence-electron chi connectivity index (χ3n) is 7.68. The number of hydrogen-bond acceptors (Lipinski definition) is 4. The molecule has 0 radical (unpaired) electrons. The minimum absolute atomic E-state index is 0.0340. The van der Waals surface area contributed by atoms with Gasteiger partial charge < -0.3 is 4.74 Å². The minimum Gasteiger partial charge on any atom is -0.494 e. The number of rotatable bonds is 4. The van der Waals surface area contributed by atoms with E-state index in [0.29, 0.717) is 18.6 Å². The van der Waals surface area contributed by atoms with E-state index in [-0.39, 0.29) is 10.6 Å². The highest BCUT2D eigenvalue weighted by atomic mass is 32.2. The first-order valence-corrected chi connectivity index (χ1v) is 11.9. The molecule has 6 rings (SSSR count). The average molecular weight is 409 g/mol. The average Bonchev–Trinajstić information content (AvgIpc) is 2.67. The van der Waals surface area contributed by atoms with Gasteiger partial charge >= 0.3 is 0 Å². The number of piperazine rings is 1. The van der Waals surface area contributed by atoms with Crippen LogP contribution in [0.3, 0.4) is 0 Å². The van der Waals surface area contributed by atoms with Crippen molar-refractivity contribution in [2.24, 2.45) is 17.8 Å². The Bertz CT molecular complexity index is 829. The van der Waals surface area contributed by atoms with Gasteiger partial charge in [0.2, 0.25) is 10.0 Å². The van der Waals surface area contributed by atoms with E-state index in [1.807, 2.05) is 0 Å². The third-order valence-corrected chi connectivity index (χ3v) is 9.57. The summed E-state index contributed by atoms with van der Waals surface area (Å²) in [7, 11) is -2.28. The molecule has 1 aromatic rings. The molecule has 5 fully saturated rings. The zero-order valence-corrected chi connectivity index (χ0v) is 17.3. The molecule has 4 aliphatic carbocycles. The summed E-state index contributed by atoms with van der Waals surface area (Å²) < 4.78 is 46.3. The van der Waals surface area contributed by atoms with Crippen LogP contribution < -0.4 is 4.74 Å². The molecular weight excluding hydrogens is 379 g/mol. The lowest BCUT2D eigenvalue weighted by Gasteiger charge is -2.61. The summed E-state index contributed by atoms with van der Waals surface area (Å²) in [4.78, 5) is 2.71. The molecule has 5 nitrogen and oxygen atoms in total. The SMILES string of the molecule is COc1cc(S(=O)(=O)N2CCN(C34CC5CC(CC(C5)C3)C4)CC2)ccc1F. The summed E-state index contributed by atoms with van der Waals surface area (Å²) in [5.74, 6) is 2.08. The van der Waals surface area contributed by atoms with E-state index < -0.39 is 15.8 Å². The third kappa shape index (κ3) is 2.97. The molecule has 0 spiro atoms. The van der Waals surface area contributed by atoms with Gasteiger partial charge in [0.1, 0.15) is 0 Å². The van der Waals surface area contributed by atoms with Crippen molar-refractivity contribution < 1.29 is 17.5 Å². The fourth-order valence-corrected chi connectivity index (χ4v) is 8.24. The molecule has 1 aliphatic heterocycles. The molecule has 0 amide bonds. The summed E-state index contributed by atoms with van der Waals surface area (Å²) in [5.41, 5.74) is 0.323. The van der Waals surface area contributed by atoms with Gasteiger partial charge in [0.25, 0.3) is 0 Å². The Morgan fingerprint density at radius 2 is 1.57 bits per heavy atom. The molecule has 1 heterocycles. The van der Waals surface area contributed by atoms with Gasteiger partial charge in [-0.2, -0.15) is 4.31 Å². The van der Waals surface area contributed by atoms with Crippen LogP contribution in [0.25, 0.3) is 0 Å². The Labute approximate surface area is 166 Å². The second-order valence-corrected chi connectivity index (χ2v) is 11.3. The number of hydrogen-bond donors (Lipinski definition) is 0. The minimum atomic E-state index is -3.63. The van der Waals surface area contributed by atoms with Crippen molar-refractivity contribution in [2.45, 2.75) is 49.0 Å². The molecule has 7 heteroatoms. The van der Waals surface area contributed by atoms with Gasteiger partial charge in [0.15, 0.2) is 11.6 Å². The van der Waals surface area contributed by atoms with E-state index in [1.165, 1.54) is 57.8 Å². The first kappa shape index (κ1) is 18.8. The Balaban J connectivity index is 1.31. The van der Waals surface area contributed by atoms with E-state index in [9.17, 15) is 12.8 Å². The smallest absolute Gasteiger partial charge is 0.243 e. The van der Waals surface area contributed by atoms with Crippen LogP contribution in [0, 0.1) is 23.6 Å². The lowest BCUT2D eigenvalue weighted by Crippen LogP contribution is -2.64. The molecule has 0 unspecified atom stereocenters. The summed E-state index contributed by atoms with van der Waals surface area (Å²) in [6.45, 7) is 2.60. The summed E-state index contributed by atoms with van der Waals surface area (Å²) in [6.07, 6.45) is 8.17. The Morgan fingerprint density at radius 3 is 2.11 bits per heavy atom. The molecule has 4 saturated carbocycles. The van der Waals surface area contributed by atoms with Crippen LogP contribution in [-0.4, -0.2) is 56.5 Å². The van der Waals surface area contributed by atoms with Crippen molar-refractivity contribution in [1.29, 1.82) is 0 Å². The number of nitrogens with zero attached hydrogens (tertiary/aromatic N) is 2. The largest absolute Gasteiger partial charge is 0.494 e. The standard InChI is InChI=1S/C21H29FN2O3S/c1-27-20-11-18(2-3-19(20)22)28(25,26)24-6-4-23(5-7-24)21-12-15-8-16(13-21)10-17(9-15)14-21/h2-3,11,15-17H,4-10,12-14H2,1H3. The van der Waals surface area contributed by atoms with Gasteiger partial charge in [-0.3, -0.25) is 4.90 Å². The first-order chi connectivity index (χ1) is 13.4. The molecule has 5 aliphatic rings. The topological polar surface area (TPSA) is 49.9 Å². The van der Waals surface area contributed by atoms with Crippen LogP contribution in [0.4, 0.5) is 4.39 Å². The van der Waals surface area contributed by atoms with Gasteiger partial charge in [0.05, 0.1) is 12.0 Å². The quantitative estimate of drug-likeness (QED) is 0.768. The molecule has 28 heavy (non-hydrogen) atoms. The zero-order valence-electron chi connectivity index (χ0n) is 16.4. The van der Waals surface area contributed by atoms with Crippen molar-refractivity contribution >= 4 is 10.0 Å². The molecule has 154 valence electrons. The predicted octanol–water partition coefficient (Wildman–Crippen LogP) is 3.11.